The van der Waals surface area contributed by atoms with Gasteiger partial charge in [0.1, 0.15) is 47.2 Å². The predicted molar refractivity (Wildman–Crippen MR) is 108 cm³/mol. The van der Waals surface area contributed by atoms with Crippen molar-refractivity contribution in [3.8, 4) is 11.5 Å². The second kappa shape index (κ2) is 11.0. The molecule has 4 nitrogen and oxygen atoms in total. The van der Waals surface area contributed by atoms with Crippen molar-refractivity contribution in [2.75, 3.05) is 25.7 Å². The summed E-state index contributed by atoms with van der Waals surface area (Å²) in [5.41, 5.74) is -0.280. The minimum Gasteiger partial charge on any atom is -0.494 e. The zero-order chi connectivity index (χ0) is 19.7. The number of benzene rings is 2. The molecule has 2 aromatic carbocycles. The monoisotopic (exact) mass is 512 g/mol. The standard InChI is InChI=1S/C19H20ClF2IO4/c20-12-16(24)13-26-18-8-4-15(5-9-18)19(21,22)14-2-6-17(7-3-14)25-10-1-11-27-23/h2-9,16,24H,1,10-13H2. The third-order valence-corrected chi connectivity index (χ3v) is 4.49. The van der Waals surface area contributed by atoms with Gasteiger partial charge < -0.3 is 17.6 Å². The third-order valence-electron chi connectivity index (χ3n) is 3.69. The molecule has 2 aromatic rings. The van der Waals surface area contributed by atoms with E-state index < -0.39 is 12.0 Å². The van der Waals surface area contributed by atoms with Gasteiger partial charge in [0.25, 0.3) is 5.92 Å². The molecule has 0 radical (unpaired) electrons. The summed E-state index contributed by atoms with van der Waals surface area (Å²) < 4.78 is 45.1. The van der Waals surface area contributed by atoms with E-state index in [1.165, 1.54) is 48.5 Å². The Kier molecular flexibility index (Phi) is 9.01. The second-order valence-corrected chi connectivity index (χ2v) is 6.69. The molecular weight excluding hydrogens is 493 g/mol. The summed E-state index contributed by atoms with van der Waals surface area (Å²) in [7, 11) is 0. The molecule has 1 atom stereocenters. The van der Waals surface area contributed by atoms with Gasteiger partial charge in [0.2, 0.25) is 0 Å². The van der Waals surface area contributed by atoms with Crippen LogP contribution in [0.2, 0.25) is 0 Å². The van der Waals surface area contributed by atoms with E-state index in [2.05, 4.69) is 0 Å². The van der Waals surface area contributed by atoms with Crippen LogP contribution >= 0.6 is 34.6 Å². The van der Waals surface area contributed by atoms with Crippen molar-refractivity contribution in [2.45, 2.75) is 18.4 Å². The summed E-state index contributed by atoms with van der Waals surface area (Å²) in [6, 6.07) is 11.2. The number of alkyl halides is 3. The van der Waals surface area contributed by atoms with Gasteiger partial charge >= 0.3 is 0 Å². The normalized spacial score (nSPS) is 12.6. The molecule has 0 aromatic heterocycles. The fourth-order valence-corrected chi connectivity index (χ4v) is 2.63. The van der Waals surface area contributed by atoms with Crippen LogP contribution in [0.3, 0.4) is 0 Å². The average molecular weight is 513 g/mol. The fourth-order valence-electron chi connectivity index (χ4n) is 2.23. The van der Waals surface area contributed by atoms with Crippen molar-refractivity contribution >= 4 is 34.6 Å². The molecule has 0 bridgehead atoms. The highest BCUT2D eigenvalue weighted by molar-refractivity contribution is 14.1. The molecule has 2 rings (SSSR count). The topological polar surface area (TPSA) is 47.9 Å². The molecule has 1 unspecified atom stereocenters. The van der Waals surface area contributed by atoms with Gasteiger partial charge in [0.05, 0.1) is 19.1 Å². The lowest BCUT2D eigenvalue weighted by Crippen LogP contribution is -2.19. The summed E-state index contributed by atoms with van der Waals surface area (Å²) in [5, 5.41) is 9.36. The van der Waals surface area contributed by atoms with Gasteiger partial charge in [0, 0.05) is 17.5 Å². The van der Waals surface area contributed by atoms with Crippen LogP contribution in [0, 0.1) is 0 Å². The summed E-state index contributed by atoms with van der Waals surface area (Å²) in [6.45, 7) is 1.03. The lowest BCUT2D eigenvalue weighted by Gasteiger charge is -2.18. The van der Waals surface area contributed by atoms with Crippen molar-refractivity contribution in [2.24, 2.45) is 0 Å². The molecule has 0 aliphatic heterocycles. The molecule has 1 N–H and O–H groups in total. The van der Waals surface area contributed by atoms with Gasteiger partial charge in [-0.1, -0.05) is 0 Å². The molecule has 0 saturated heterocycles. The maximum Gasteiger partial charge on any atom is 0.298 e. The highest BCUT2D eigenvalue weighted by Gasteiger charge is 2.33. The lowest BCUT2D eigenvalue weighted by atomic mass is 10.0. The highest BCUT2D eigenvalue weighted by Crippen LogP contribution is 2.37. The molecule has 27 heavy (non-hydrogen) atoms. The van der Waals surface area contributed by atoms with Crippen LogP contribution < -0.4 is 9.47 Å². The Morgan fingerprint density at radius 1 is 0.926 bits per heavy atom. The van der Waals surface area contributed by atoms with E-state index in [1.54, 1.807) is 0 Å². The summed E-state index contributed by atoms with van der Waals surface area (Å²) in [6.07, 6.45) is -0.0837. The minimum atomic E-state index is -3.15. The van der Waals surface area contributed by atoms with Crippen LogP contribution in [0.25, 0.3) is 0 Å². The van der Waals surface area contributed by atoms with E-state index in [1.807, 2.05) is 23.0 Å². The van der Waals surface area contributed by atoms with Crippen molar-refractivity contribution in [1.29, 1.82) is 0 Å². The third kappa shape index (κ3) is 6.74. The van der Waals surface area contributed by atoms with Crippen LogP contribution in [0.5, 0.6) is 11.5 Å². The van der Waals surface area contributed by atoms with E-state index in [4.69, 9.17) is 24.1 Å². The minimum absolute atomic E-state index is 0.00463. The van der Waals surface area contributed by atoms with E-state index in [-0.39, 0.29) is 23.6 Å². The van der Waals surface area contributed by atoms with Crippen LogP contribution in [-0.2, 0) is 8.99 Å². The van der Waals surface area contributed by atoms with Crippen molar-refractivity contribution in [3.05, 3.63) is 59.7 Å². The van der Waals surface area contributed by atoms with Gasteiger partial charge in [-0.15, -0.1) is 11.6 Å². The Labute approximate surface area is 176 Å². The fraction of sp³-hybridized carbons (Fsp3) is 0.368. The first-order valence-corrected chi connectivity index (χ1v) is 9.71. The van der Waals surface area contributed by atoms with Gasteiger partial charge in [-0.2, -0.15) is 8.78 Å². The maximum absolute atomic E-state index is 14.7. The number of aliphatic hydroxyl groups is 1. The first-order chi connectivity index (χ1) is 13.0. The largest absolute Gasteiger partial charge is 0.494 e. The Bertz CT molecular complexity index is 683. The van der Waals surface area contributed by atoms with Crippen molar-refractivity contribution < 1.29 is 26.4 Å². The average Bonchev–Trinajstić information content (AvgIpc) is 2.70. The smallest absolute Gasteiger partial charge is 0.298 e. The Morgan fingerprint density at radius 3 is 1.93 bits per heavy atom. The molecule has 148 valence electrons. The molecule has 0 saturated carbocycles. The molecule has 0 aliphatic carbocycles. The zero-order valence-corrected chi connectivity index (χ0v) is 17.3. The first kappa shape index (κ1) is 22.1. The Balaban J connectivity index is 2.00. The molecule has 0 fully saturated rings. The highest BCUT2D eigenvalue weighted by atomic mass is 127. The molecule has 0 spiro atoms. The van der Waals surface area contributed by atoms with Crippen LogP contribution in [0.15, 0.2) is 48.5 Å². The quantitative estimate of drug-likeness (QED) is 0.263. The van der Waals surface area contributed by atoms with E-state index in [9.17, 15) is 13.9 Å². The summed E-state index contributed by atoms with van der Waals surface area (Å²) in [5.74, 6) is -2.19. The van der Waals surface area contributed by atoms with Crippen LogP contribution in [-0.4, -0.2) is 36.9 Å². The molecule has 0 aliphatic rings. The van der Waals surface area contributed by atoms with E-state index in [0.29, 0.717) is 24.7 Å². The number of hydrogen-bond acceptors (Lipinski definition) is 4. The SMILES string of the molecule is OC(CCl)COc1ccc(C(F)(F)c2ccc(OCCCOI)cc2)cc1. The van der Waals surface area contributed by atoms with Gasteiger partial charge in [0.15, 0.2) is 0 Å². The second-order valence-electron chi connectivity index (χ2n) is 5.76. The van der Waals surface area contributed by atoms with Crippen molar-refractivity contribution in [1.82, 2.24) is 0 Å². The summed E-state index contributed by atoms with van der Waals surface area (Å²) >= 11 is 7.29. The number of aliphatic hydroxyl groups excluding tert-OH is 1. The molecule has 0 heterocycles. The van der Waals surface area contributed by atoms with Crippen LogP contribution in [0.1, 0.15) is 17.5 Å². The Hall–Kier alpha value is -1.16. The molecule has 8 heteroatoms. The van der Waals surface area contributed by atoms with Gasteiger partial charge in [-0.05, 0) is 48.5 Å². The first-order valence-electron chi connectivity index (χ1n) is 8.29. The zero-order valence-electron chi connectivity index (χ0n) is 14.4. The number of halogens is 4. The number of ether oxygens (including phenoxy) is 2. The number of rotatable bonds is 11. The summed E-state index contributed by atoms with van der Waals surface area (Å²) in [4.78, 5) is 0. The number of hydrogen-bond donors (Lipinski definition) is 1. The van der Waals surface area contributed by atoms with Crippen LogP contribution in [0.4, 0.5) is 8.78 Å². The maximum atomic E-state index is 14.7. The van der Waals surface area contributed by atoms with Gasteiger partial charge in [-0.25, -0.2) is 0 Å². The molecule has 0 amide bonds. The van der Waals surface area contributed by atoms with Crippen molar-refractivity contribution in [3.63, 3.8) is 0 Å². The molecular formula is C19H20ClF2IO4. The lowest BCUT2D eigenvalue weighted by molar-refractivity contribution is 0.0427. The van der Waals surface area contributed by atoms with E-state index in [0.717, 1.165) is 6.42 Å². The van der Waals surface area contributed by atoms with Gasteiger partial charge in [-0.3, -0.25) is 0 Å². The Morgan fingerprint density at radius 2 is 1.44 bits per heavy atom. The predicted octanol–water partition coefficient (Wildman–Crippen LogP) is 4.94. The van der Waals surface area contributed by atoms with E-state index >= 15 is 0 Å².